The van der Waals surface area contributed by atoms with Crippen LogP contribution >= 0.6 is 23.2 Å². The van der Waals surface area contributed by atoms with Gasteiger partial charge in [0.2, 0.25) is 0 Å². The van der Waals surface area contributed by atoms with Crippen LogP contribution in [-0.2, 0) is 11.3 Å². The third-order valence-corrected chi connectivity index (χ3v) is 3.38. The Labute approximate surface area is 137 Å². The molecule has 1 aromatic heterocycles. The fourth-order valence-corrected chi connectivity index (χ4v) is 2.44. The van der Waals surface area contributed by atoms with E-state index in [4.69, 9.17) is 27.9 Å². The number of aromatic nitrogens is 1. The predicted molar refractivity (Wildman–Crippen MR) is 84.1 cm³/mol. The molecular weight excluding hydrogens is 327 g/mol. The normalized spacial score (nSPS) is 11.8. The maximum atomic E-state index is 12.0. The molecule has 1 heterocycles. The average molecular weight is 341 g/mol. The molecule has 0 aliphatic heterocycles. The van der Waals surface area contributed by atoms with E-state index in [1.807, 2.05) is 0 Å². The Kier molecular flexibility index (Phi) is 5.60. The van der Waals surface area contributed by atoms with E-state index in [9.17, 15) is 9.90 Å². The molecule has 0 saturated carbocycles. The molecule has 7 heteroatoms. The lowest BCUT2D eigenvalue weighted by molar-refractivity contribution is -0.129. The number of hydrogen-bond donors (Lipinski definition) is 2. The molecule has 0 fully saturated rings. The van der Waals surface area contributed by atoms with Crippen molar-refractivity contribution in [3.05, 3.63) is 57.8 Å². The second kappa shape index (κ2) is 7.45. The van der Waals surface area contributed by atoms with Gasteiger partial charge in [-0.15, -0.1) is 0 Å². The molecule has 0 spiro atoms. The molecule has 22 heavy (non-hydrogen) atoms. The van der Waals surface area contributed by atoms with Gasteiger partial charge in [0, 0.05) is 16.2 Å². The van der Waals surface area contributed by atoms with Gasteiger partial charge in [-0.3, -0.25) is 9.78 Å². The van der Waals surface area contributed by atoms with Crippen LogP contribution in [0.3, 0.4) is 0 Å². The molecule has 2 N–H and O–H groups in total. The van der Waals surface area contributed by atoms with Crippen molar-refractivity contribution >= 4 is 29.1 Å². The van der Waals surface area contributed by atoms with Crippen molar-refractivity contribution in [2.45, 2.75) is 12.6 Å². The zero-order valence-electron chi connectivity index (χ0n) is 11.7. The topological polar surface area (TPSA) is 71.5 Å². The zero-order valence-corrected chi connectivity index (χ0v) is 13.2. The van der Waals surface area contributed by atoms with E-state index in [-0.39, 0.29) is 6.54 Å². The Morgan fingerprint density at radius 1 is 1.36 bits per heavy atom. The first kappa shape index (κ1) is 16.5. The molecule has 1 aromatic carbocycles. The molecule has 116 valence electrons. The summed E-state index contributed by atoms with van der Waals surface area (Å²) < 4.78 is 5.14. The van der Waals surface area contributed by atoms with Crippen LogP contribution in [0.4, 0.5) is 0 Å². The van der Waals surface area contributed by atoms with Crippen molar-refractivity contribution in [1.29, 1.82) is 0 Å². The Bertz CT molecular complexity index is 659. The van der Waals surface area contributed by atoms with E-state index in [1.165, 1.54) is 25.3 Å². The fourth-order valence-electron chi connectivity index (χ4n) is 1.89. The molecule has 5 nitrogen and oxygen atoms in total. The fraction of sp³-hybridized carbons (Fsp3) is 0.200. The highest BCUT2D eigenvalue weighted by molar-refractivity contribution is 6.34. The maximum absolute atomic E-state index is 12.0. The van der Waals surface area contributed by atoms with Crippen LogP contribution in [0.5, 0.6) is 5.75 Å². The number of carbonyl (C=O) groups excluding carboxylic acids is 1. The van der Waals surface area contributed by atoms with E-state index in [0.717, 1.165) is 0 Å². The Balaban J connectivity index is 2.05. The summed E-state index contributed by atoms with van der Waals surface area (Å²) in [6.45, 7) is 0.133. The molecule has 2 rings (SSSR count). The summed E-state index contributed by atoms with van der Waals surface area (Å²) in [4.78, 5) is 16.1. The Hall–Kier alpha value is -1.82. The lowest BCUT2D eigenvalue weighted by Gasteiger charge is -2.13. The number of nitrogens with zero attached hydrogens (tertiary/aromatic N) is 1. The second-order valence-electron chi connectivity index (χ2n) is 4.48. The molecule has 2 aromatic rings. The lowest BCUT2D eigenvalue weighted by Crippen LogP contribution is -2.29. The number of methoxy groups -OCH3 is 1. The van der Waals surface area contributed by atoms with Crippen LogP contribution in [0.1, 0.15) is 17.4 Å². The number of nitrogens with one attached hydrogen (secondary N) is 1. The molecule has 0 aliphatic rings. The number of rotatable bonds is 5. The summed E-state index contributed by atoms with van der Waals surface area (Å²) in [6, 6.07) is 7.96. The van der Waals surface area contributed by atoms with Crippen molar-refractivity contribution in [2.24, 2.45) is 0 Å². The summed E-state index contributed by atoms with van der Waals surface area (Å²) in [7, 11) is 1.52. The summed E-state index contributed by atoms with van der Waals surface area (Å²) in [5.41, 5.74) is 0.887. The van der Waals surface area contributed by atoms with Gasteiger partial charge >= 0.3 is 0 Å². The largest absolute Gasteiger partial charge is 0.495 e. The number of benzene rings is 1. The maximum Gasteiger partial charge on any atom is 0.253 e. The van der Waals surface area contributed by atoms with Crippen molar-refractivity contribution in [2.75, 3.05) is 7.11 Å². The zero-order chi connectivity index (χ0) is 16.1. The molecular formula is C15H14Cl2N2O3. The SMILES string of the molecule is COc1cccnc1CNC(=O)C(O)c1cc(Cl)cc(Cl)c1. The molecule has 0 bridgehead atoms. The van der Waals surface area contributed by atoms with Crippen LogP contribution in [0.2, 0.25) is 10.0 Å². The number of pyridine rings is 1. The van der Waals surface area contributed by atoms with E-state index in [2.05, 4.69) is 10.3 Å². The van der Waals surface area contributed by atoms with E-state index in [1.54, 1.807) is 18.3 Å². The number of halogens is 2. The molecule has 1 atom stereocenters. The minimum absolute atomic E-state index is 0.133. The summed E-state index contributed by atoms with van der Waals surface area (Å²) in [5, 5.41) is 13.4. The minimum Gasteiger partial charge on any atom is -0.495 e. The first-order valence-electron chi connectivity index (χ1n) is 6.41. The minimum atomic E-state index is -1.37. The smallest absolute Gasteiger partial charge is 0.253 e. The summed E-state index contributed by atoms with van der Waals surface area (Å²) in [6.07, 6.45) is 0.225. The highest BCUT2D eigenvalue weighted by atomic mass is 35.5. The number of hydrogen-bond acceptors (Lipinski definition) is 4. The van der Waals surface area contributed by atoms with E-state index >= 15 is 0 Å². The Morgan fingerprint density at radius 3 is 2.68 bits per heavy atom. The van der Waals surface area contributed by atoms with Gasteiger partial charge in [-0.05, 0) is 35.9 Å². The first-order valence-corrected chi connectivity index (χ1v) is 7.16. The third kappa shape index (κ3) is 4.10. The first-order chi connectivity index (χ1) is 10.5. The number of aliphatic hydroxyl groups excluding tert-OH is 1. The van der Waals surface area contributed by atoms with Crippen molar-refractivity contribution in [3.63, 3.8) is 0 Å². The van der Waals surface area contributed by atoms with E-state index < -0.39 is 12.0 Å². The van der Waals surface area contributed by atoms with Crippen LogP contribution in [-0.4, -0.2) is 23.1 Å². The number of amides is 1. The highest BCUT2D eigenvalue weighted by Crippen LogP contribution is 2.24. The number of ether oxygens (including phenoxy) is 1. The van der Waals surface area contributed by atoms with Crippen LogP contribution in [0, 0.1) is 0 Å². The average Bonchev–Trinajstić information content (AvgIpc) is 2.51. The molecule has 1 unspecified atom stereocenters. The van der Waals surface area contributed by atoms with Gasteiger partial charge in [0.1, 0.15) is 11.4 Å². The van der Waals surface area contributed by atoms with Crippen molar-refractivity contribution in [3.8, 4) is 5.75 Å². The number of carbonyl (C=O) groups is 1. The van der Waals surface area contributed by atoms with Gasteiger partial charge in [-0.25, -0.2) is 0 Å². The highest BCUT2D eigenvalue weighted by Gasteiger charge is 2.18. The lowest BCUT2D eigenvalue weighted by atomic mass is 10.1. The summed E-state index contributed by atoms with van der Waals surface area (Å²) in [5.74, 6) is -0.0193. The second-order valence-corrected chi connectivity index (χ2v) is 5.35. The predicted octanol–water partition coefficient (Wildman–Crippen LogP) is 2.75. The van der Waals surface area contributed by atoms with E-state index in [0.29, 0.717) is 27.1 Å². The number of aliphatic hydroxyl groups is 1. The van der Waals surface area contributed by atoms with Crippen molar-refractivity contribution in [1.82, 2.24) is 10.3 Å². The van der Waals surface area contributed by atoms with Crippen LogP contribution < -0.4 is 10.1 Å². The molecule has 0 aliphatic carbocycles. The standard InChI is InChI=1S/C15H14Cl2N2O3/c1-22-13-3-2-4-18-12(13)8-19-15(21)14(20)9-5-10(16)7-11(17)6-9/h2-7,14,20H,8H2,1H3,(H,19,21). The van der Waals surface area contributed by atoms with Crippen molar-refractivity contribution < 1.29 is 14.6 Å². The molecule has 1 amide bonds. The van der Waals surface area contributed by atoms with Crippen LogP contribution in [0.15, 0.2) is 36.5 Å². The summed E-state index contributed by atoms with van der Waals surface area (Å²) >= 11 is 11.7. The van der Waals surface area contributed by atoms with Gasteiger partial charge in [0.25, 0.3) is 5.91 Å². The van der Waals surface area contributed by atoms with Gasteiger partial charge in [0.05, 0.1) is 13.7 Å². The Morgan fingerprint density at radius 2 is 2.05 bits per heavy atom. The van der Waals surface area contributed by atoms with Gasteiger partial charge in [-0.1, -0.05) is 23.2 Å². The molecule has 0 radical (unpaired) electrons. The quantitative estimate of drug-likeness (QED) is 0.877. The van der Waals surface area contributed by atoms with Gasteiger partial charge in [-0.2, -0.15) is 0 Å². The van der Waals surface area contributed by atoms with Gasteiger partial charge < -0.3 is 15.2 Å². The monoisotopic (exact) mass is 340 g/mol. The molecule has 0 saturated heterocycles. The third-order valence-electron chi connectivity index (χ3n) is 2.95. The van der Waals surface area contributed by atoms with Crippen LogP contribution in [0.25, 0.3) is 0 Å². The van der Waals surface area contributed by atoms with Gasteiger partial charge in [0.15, 0.2) is 6.10 Å².